The van der Waals surface area contributed by atoms with Crippen molar-refractivity contribution in [3.8, 4) is 5.75 Å². The standard InChI is InChI=1S/C24H16Cl2N2O5/c25-17-5-2-6-18(12-17)28-22(29)20(27-24(28)32)11-14-7-8-21(19(26)10-14)33-13-15-3-1-4-16(9-15)23(30)31/h1-12H,13H2,(H,27,32)(H,30,31)/b20-11+. The van der Waals surface area contributed by atoms with Crippen molar-refractivity contribution in [1.82, 2.24) is 5.32 Å². The Morgan fingerprint density at radius 3 is 2.55 bits per heavy atom. The van der Waals surface area contributed by atoms with Gasteiger partial charge in [0.2, 0.25) is 0 Å². The lowest BCUT2D eigenvalue weighted by molar-refractivity contribution is -0.113. The molecule has 0 atom stereocenters. The summed E-state index contributed by atoms with van der Waals surface area (Å²) < 4.78 is 5.70. The van der Waals surface area contributed by atoms with Crippen molar-refractivity contribution in [3.05, 3.63) is 99.2 Å². The van der Waals surface area contributed by atoms with Gasteiger partial charge in [-0.15, -0.1) is 0 Å². The number of aromatic carboxylic acids is 1. The Balaban J connectivity index is 1.49. The molecule has 1 fully saturated rings. The van der Waals surface area contributed by atoms with Gasteiger partial charge in [-0.25, -0.2) is 14.5 Å². The van der Waals surface area contributed by atoms with E-state index in [2.05, 4.69) is 5.32 Å². The number of imide groups is 1. The van der Waals surface area contributed by atoms with Crippen LogP contribution in [0.3, 0.4) is 0 Å². The number of benzene rings is 3. The zero-order chi connectivity index (χ0) is 23.5. The minimum absolute atomic E-state index is 0.0928. The molecule has 3 aromatic carbocycles. The van der Waals surface area contributed by atoms with Gasteiger partial charge in [0, 0.05) is 5.02 Å². The average molecular weight is 483 g/mol. The fourth-order valence-electron chi connectivity index (χ4n) is 3.23. The Kier molecular flexibility index (Phi) is 6.35. The van der Waals surface area contributed by atoms with Crippen LogP contribution in [0.2, 0.25) is 10.0 Å². The van der Waals surface area contributed by atoms with Crippen LogP contribution in [0.1, 0.15) is 21.5 Å². The van der Waals surface area contributed by atoms with Crippen LogP contribution in [0.4, 0.5) is 10.5 Å². The van der Waals surface area contributed by atoms with Gasteiger partial charge < -0.3 is 15.2 Å². The third-order valence-electron chi connectivity index (χ3n) is 4.78. The number of urea groups is 1. The van der Waals surface area contributed by atoms with Gasteiger partial charge in [-0.3, -0.25) is 4.79 Å². The van der Waals surface area contributed by atoms with Crippen molar-refractivity contribution >= 4 is 52.9 Å². The van der Waals surface area contributed by atoms with Crippen molar-refractivity contribution in [3.63, 3.8) is 0 Å². The van der Waals surface area contributed by atoms with Gasteiger partial charge in [-0.2, -0.15) is 0 Å². The smallest absolute Gasteiger partial charge is 0.335 e. The molecule has 0 radical (unpaired) electrons. The molecular weight excluding hydrogens is 467 g/mol. The van der Waals surface area contributed by atoms with E-state index in [-0.39, 0.29) is 17.9 Å². The van der Waals surface area contributed by atoms with Crippen molar-refractivity contribution in [2.45, 2.75) is 6.61 Å². The molecule has 0 unspecified atom stereocenters. The first-order chi connectivity index (χ1) is 15.8. The largest absolute Gasteiger partial charge is 0.487 e. The number of carbonyl (C=O) groups excluding carboxylic acids is 2. The number of carboxylic acid groups (broad SMARTS) is 1. The second-order valence-corrected chi connectivity index (χ2v) is 7.94. The summed E-state index contributed by atoms with van der Waals surface area (Å²) >= 11 is 12.3. The molecule has 0 bridgehead atoms. The zero-order valence-electron chi connectivity index (χ0n) is 16.9. The van der Waals surface area contributed by atoms with Crippen LogP contribution in [-0.4, -0.2) is 23.0 Å². The fraction of sp³-hybridized carbons (Fsp3) is 0.0417. The Bertz CT molecular complexity index is 1310. The number of amides is 3. The molecule has 9 heteroatoms. The highest BCUT2D eigenvalue weighted by Crippen LogP contribution is 2.29. The summed E-state index contributed by atoms with van der Waals surface area (Å²) in [6.07, 6.45) is 1.51. The quantitative estimate of drug-likeness (QED) is 0.363. The molecule has 0 aromatic heterocycles. The highest BCUT2D eigenvalue weighted by molar-refractivity contribution is 6.33. The lowest BCUT2D eigenvalue weighted by Gasteiger charge is -2.11. The zero-order valence-corrected chi connectivity index (χ0v) is 18.4. The van der Waals surface area contributed by atoms with Gasteiger partial charge in [-0.1, -0.05) is 47.5 Å². The number of carbonyl (C=O) groups is 3. The fourth-order valence-corrected chi connectivity index (χ4v) is 3.66. The molecule has 0 spiro atoms. The van der Waals surface area contributed by atoms with E-state index >= 15 is 0 Å². The summed E-state index contributed by atoms with van der Waals surface area (Å²) in [6.45, 7) is 0.129. The number of ether oxygens (including phenoxy) is 1. The molecule has 33 heavy (non-hydrogen) atoms. The van der Waals surface area contributed by atoms with Crippen molar-refractivity contribution in [2.75, 3.05) is 4.90 Å². The summed E-state index contributed by atoms with van der Waals surface area (Å²) in [7, 11) is 0. The minimum atomic E-state index is -1.02. The SMILES string of the molecule is O=C(O)c1cccc(COc2ccc(/C=C3/NC(=O)N(c4cccc(Cl)c4)C3=O)cc2Cl)c1. The van der Waals surface area contributed by atoms with Crippen molar-refractivity contribution in [1.29, 1.82) is 0 Å². The van der Waals surface area contributed by atoms with Gasteiger partial charge in [0.05, 0.1) is 16.3 Å². The Labute approximate surface area is 198 Å². The predicted molar refractivity (Wildman–Crippen MR) is 125 cm³/mol. The first-order valence-electron chi connectivity index (χ1n) is 9.69. The van der Waals surface area contributed by atoms with Crippen LogP contribution >= 0.6 is 23.2 Å². The summed E-state index contributed by atoms with van der Waals surface area (Å²) in [4.78, 5) is 37.2. The molecule has 1 aliphatic rings. The van der Waals surface area contributed by atoms with E-state index in [1.807, 2.05) is 0 Å². The van der Waals surface area contributed by atoms with Crippen LogP contribution in [0.15, 0.2) is 72.4 Å². The van der Waals surface area contributed by atoms with E-state index in [1.54, 1.807) is 48.5 Å². The molecule has 1 saturated heterocycles. The number of nitrogens with zero attached hydrogens (tertiary/aromatic N) is 1. The third kappa shape index (κ3) is 5.00. The minimum Gasteiger partial charge on any atom is -0.487 e. The molecule has 0 aliphatic carbocycles. The molecule has 2 N–H and O–H groups in total. The number of halogens is 2. The van der Waals surface area contributed by atoms with Crippen molar-refractivity contribution in [2.24, 2.45) is 0 Å². The van der Waals surface area contributed by atoms with E-state index in [4.69, 9.17) is 33.0 Å². The Morgan fingerprint density at radius 2 is 1.82 bits per heavy atom. The van der Waals surface area contributed by atoms with Gasteiger partial charge in [-0.05, 0) is 59.7 Å². The molecule has 4 rings (SSSR count). The topological polar surface area (TPSA) is 95.9 Å². The Morgan fingerprint density at radius 1 is 1.03 bits per heavy atom. The lowest BCUT2D eigenvalue weighted by atomic mass is 10.1. The third-order valence-corrected chi connectivity index (χ3v) is 5.31. The predicted octanol–water partition coefficient (Wildman–Crippen LogP) is 5.37. The van der Waals surface area contributed by atoms with Crippen LogP contribution in [-0.2, 0) is 11.4 Å². The summed E-state index contributed by atoms with van der Waals surface area (Å²) in [5.74, 6) is -1.14. The van der Waals surface area contributed by atoms with Crippen LogP contribution in [0.25, 0.3) is 6.08 Å². The van der Waals surface area contributed by atoms with Crippen LogP contribution < -0.4 is 15.0 Å². The van der Waals surface area contributed by atoms with Gasteiger partial charge in [0.25, 0.3) is 5.91 Å². The maximum Gasteiger partial charge on any atom is 0.335 e. The normalized spacial score (nSPS) is 14.5. The summed E-state index contributed by atoms with van der Waals surface area (Å²) in [5.41, 5.74) is 1.88. The first-order valence-corrected chi connectivity index (χ1v) is 10.4. The molecule has 166 valence electrons. The van der Waals surface area contributed by atoms with E-state index in [1.165, 1.54) is 24.3 Å². The van der Waals surface area contributed by atoms with Gasteiger partial charge >= 0.3 is 12.0 Å². The molecule has 1 heterocycles. The summed E-state index contributed by atoms with van der Waals surface area (Å²) in [5, 5.41) is 12.3. The van der Waals surface area contributed by atoms with Crippen LogP contribution in [0.5, 0.6) is 5.75 Å². The average Bonchev–Trinajstić information content (AvgIpc) is 3.06. The molecule has 3 aromatic rings. The van der Waals surface area contributed by atoms with Crippen molar-refractivity contribution < 1.29 is 24.2 Å². The second-order valence-electron chi connectivity index (χ2n) is 7.09. The van der Waals surface area contributed by atoms with E-state index < -0.39 is 17.9 Å². The summed E-state index contributed by atoms with van der Waals surface area (Å²) in [6, 6.07) is 17.2. The number of hydrogen-bond acceptors (Lipinski definition) is 4. The first kappa shape index (κ1) is 22.4. The van der Waals surface area contributed by atoms with Gasteiger partial charge in [0.1, 0.15) is 18.1 Å². The molecular formula is C24H16Cl2N2O5. The monoisotopic (exact) mass is 482 g/mol. The molecule has 7 nitrogen and oxygen atoms in total. The number of rotatable bonds is 6. The van der Waals surface area contributed by atoms with E-state index in [0.29, 0.717) is 32.6 Å². The Hall–Kier alpha value is -3.81. The van der Waals surface area contributed by atoms with E-state index in [9.17, 15) is 14.4 Å². The van der Waals surface area contributed by atoms with Gasteiger partial charge in [0.15, 0.2) is 0 Å². The van der Waals surface area contributed by atoms with Crippen LogP contribution in [0, 0.1) is 0 Å². The van der Waals surface area contributed by atoms with E-state index in [0.717, 1.165) is 4.90 Å². The number of hydrogen-bond donors (Lipinski definition) is 2. The molecule has 1 aliphatic heterocycles. The number of anilines is 1. The molecule has 3 amide bonds. The lowest BCUT2D eigenvalue weighted by Crippen LogP contribution is -2.30. The highest BCUT2D eigenvalue weighted by atomic mass is 35.5. The maximum atomic E-state index is 12.8. The number of nitrogens with one attached hydrogen (secondary N) is 1. The second kappa shape index (κ2) is 9.36. The maximum absolute atomic E-state index is 12.8. The molecule has 0 saturated carbocycles. The highest BCUT2D eigenvalue weighted by Gasteiger charge is 2.34. The number of carboxylic acids is 1.